The number of benzene rings is 2. The standard InChI is InChI=1S/C18H18N2O4/c1-13(21)24-12-16-10-17(20(22)23)6-7-18(16)19-9-8-14-4-2-3-5-15(14)11-19/h2-7,10H,8-9,11-12H2,1H3. The fourth-order valence-corrected chi connectivity index (χ4v) is 2.99. The quantitative estimate of drug-likeness (QED) is 0.490. The van der Waals surface area contributed by atoms with Crippen LogP contribution in [0.1, 0.15) is 23.6 Å². The second-order valence-electron chi connectivity index (χ2n) is 5.79. The lowest BCUT2D eigenvalue weighted by Gasteiger charge is -2.32. The number of carbonyl (C=O) groups excluding carboxylic acids is 1. The molecule has 2 aromatic rings. The Balaban J connectivity index is 1.92. The van der Waals surface area contributed by atoms with E-state index in [-0.39, 0.29) is 12.3 Å². The van der Waals surface area contributed by atoms with Crippen molar-refractivity contribution < 1.29 is 14.5 Å². The van der Waals surface area contributed by atoms with E-state index in [0.29, 0.717) is 5.56 Å². The molecule has 24 heavy (non-hydrogen) atoms. The topological polar surface area (TPSA) is 72.7 Å². The van der Waals surface area contributed by atoms with Crippen molar-refractivity contribution in [3.8, 4) is 0 Å². The Kier molecular flexibility index (Phi) is 4.46. The summed E-state index contributed by atoms with van der Waals surface area (Å²) in [6.07, 6.45) is 0.917. The number of nitrogens with zero attached hydrogens (tertiary/aromatic N) is 2. The summed E-state index contributed by atoms with van der Waals surface area (Å²) in [6, 6.07) is 13.0. The molecule has 0 saturated carbocycles. The van der Waals surface area contributed by atoms with E-state index in [1.807, 2.05) is 12.1 Å². The lowest BCUT2D eigenvalue weighted by molar-refractivity contribution is -0.384. The molecule has 0 saturated heterocycles. The highest BCUT2D eigenvalue weighted by molar-refractivity contribution is 5.66. The minimum Gasteiger partial charge on any atom is -0.461 e. The number of esters is 1. The summed E-state index contributed by atoms with van der Waals surface area (Å²) in [7, 11) is 0. The SMILES string of the molecule is CC(=O)OCc1cc([N+](=O)[O-])ccc1N1CCc2ccccc2C1. The molecule has 0 fully saturated rings. The molecule has 124 valence electrons. The zero-order valence-corrected chi connectivity index (χ0v) is 13.4. The summed E-state index contributed by atoms with van der Waals surface area (Å²) in [5.41, 5.74) is 4.10. The minimum absolute atomic E-state index is 0.00156. The lowest BCUT2D eigenvalue weighted by atomic mass is 9.98. The zero-order chi connectivity index (χ0) is 17.1. The van der Waals surface area contributed by atoms with Crippen LogP contribution in [0.5, 0.6) is 0 Å². The van der Waals surface area contributed by atoms with Crippen LogP contribution in [0.2, 0.25) is 0 Å². The molecule has 3 rings (SSSR count). The zero-order valence-electron chi connectivity index (χ0n) is 13.4. The van der Waals surface area contributed by atoms with E-state index < -0.39 is 10.9 Å². The van der Waals surface area contributed by atoms with Gasteiger partial charge in [-0.2, -0.15) is 0 Å². The van der Waals surface area contributed by atoms with Crippen LogP contribution in [-0.4, -0.2) is 17.4 Å². The van der Waals surface area contributed by atoms with Gasteiger partial charge in [-0.1, -0.05) is 24.3 Å². The lowest BCUT2D eigenvalue weighted by Crippen LogP contribution is -2.31. The highest BCUT2D eigenvalue weighted by atomic mass is 16.6. The van der Waals surface area contributed by atoms with Gasteiger partial charge in [0.05, 0.1) is 4.92 Å². The summed E-state index contributed by atoms with van der Waals surface area (Å²) >= 11 is 0. The Morgan fingerprint density at radius 2 is 2.00 bits per heavy atom. The summed E-state index contributed by atoms with van der Waals surface area (Å²) in [6.45, 7) is 2.92. The highest BCUT2D eigenvalue weighted by Gasteiger charge is 2.20. The first kappa shape index (κ1) is 16.0. The van der Waals surface area contributed by atoms with Crippen LogP contribution in [-0.2, 0) is 29.1 Å². The molecule has 0 N–H and O–H groups in total. The Morgan fingerprint density at radius 1 is 1.25 bits per heavy atom. The summed E-state index contributed by atoms with van der Waals surface area (Å²) < 4.78 is 5.08. The molecule has 0 radical (unpaired) electrons. The van der Waals surface area contributed by atoms with E-state index in [2.05, 4.69) is 17.0 Å². The van der Waals surface area contributed by atoms with Crippen LogP contribution in [0.4, 0.5) is 11.4 Å². The van der Waals surface area contributed by atoms with Gasteiger partial charge < -0.3 is 9.64 Å². The number of hydrogen-bond donors (Lipinski definition) is 0. The Bertz CT molecular complexity index is 788. The first-order chi connectivity index (χ1) is 11.5. The summed E-state index contributed by atoms with van der Waals surface area (Å²) in [5.74, 6) is -0.406. The van der Waals surface area contributed by atoms with Crippen molar-refractivity contribution >= 4 is 17.3 Å². The van der Waals surface area contributed by atoms with Gasteiger partial charge in [-0.25, -0.2) is 0 Å². The summed E-state index contributed by atoms with van der Waals surface area (Å²) in [4.78, 5) is 23.9. The molecule has 0 aliphatic carbocycles. The molecule has 0 spiro atoms. The molecule has 1 aliphatic rings. The van der Waals surface area contributed by atoms with Crippen molar-refractivity contribution in [3.63, 3.8) is 0 Å². The van der Waals surface area contributed by atoms with E-state index in [1.54, 1.807) is 6.07 Å². The average Bonchev–Trinajstić information content (AvgIpc) is 2.59. The van der Waals surface area contributed by atoms with Crippen LogP contribution in [0.15, 0.2) is 42.5 Å². The van der Waals surface area contributed by atoms with E-state index in [1.165, 1.54) is 30.2 Å². The van der Waals surface area contributed by atoms with Crippen LogP contribution in [0.3, 0.4) is 0 Å². The maximum Gasteiger partial charge on any atom is 0.302 e. The fourth-order valence-electron chi connectivity index (χ4n) is 2.99. The van der Waals surface area contributed by atoms with Crippen molar-refractivity contribution in [2.24, 2.45) is 0 Å². The number of anilines is 1. The van der Waals surface area contributed by atoms with E-state index in [9.17, 15) is 14.9 Å². The van der Waals surface area contributed by atoms with Gasteiger partial charge in [0, 0.05) is 43.4 Å². The first-order valence-corrected chi connectivity index (χ1v) is 7.77. The van der Waals surface area contributed by atoms with Crippen molar-refractivity contribution in [1.82, 2.24) is 0 Å². The molecule has 0 unspecified atom stereocenters. The van der Waals surface area contributed by atoms with Gasteiger partial charge >= 0.3 is 5.97 Å². The van der Waals surface area contributed by atoms with Crippen molar-refractivity contribution in [3.05, 3.63) is 69.3 Å². The van der Waals surface area contributed by atoms with Gasteiger partial charge in [-0.3, -0.25) is 14.9 Å². The van der Waals surface area contributed by atoms with E-state index in [4.69, 9.17) is 4.74 Å². The number of nitro benzene ring substituents is 1. The number of nitro groups is 1. The molecule has 1 heterocycles. The van der Waals surface area contributed by atoms with Crippen LogP contribution < -0.4 is 4.90 Å². The van der Waals surface area contributed by atoms with Crippen LogP contribution in [0, 0.1) is 10.1 Å². The number of non-ortho nitro benzene ring substituents is 1. The molecule has 1 aliphatic heterocycles. The predicted octanol–water partition coefficient (Wildman–Crippen LogP) is 3.22. The highest BCUT2D eigenvalue weighted by Crippen LogP contribution is 2.30. The molecule has 2 aromatic carbocycles. The molecular formula is C18H18N2O4. The molecule has 0 aromatic heterocycles. The molecule has 0 atom stereocenters. The molecule has 6 nitrogen and oxygen atoms in total. The molecular weight excluding hydrogens is 308 g/mol. The minimum atomic E-state index is -0.438. The number of carbonyl (C=O) groups is 1. The van der Waals surface area contributed by atoms with E-state index in [0.717, 1.165) is 25.2 Å². The van der Waals surface area contributed by atoms with Crippen LogP contribution >= 0.6 is 0 Å². The van der Waals surface area contributed by atoms with Gasteiger partial charge in [0.1, 0.15) is 6.61 Å². The first-order valence-electron chi connectivity index (χ1n) is 7.77. The van der Waals surface area contributed by atoms with Crippen LogP contribution in [0.25, 0.3) is 0 Å². The summed E-state index contributed by atoms with van der Waals surface area (Å²) in [5, 5.41) is 11.0. The monoisotopic (exact) mass is 326 g/mol. The largest absolute Gasteiger partial charge is 0.461 e. The third kappa shape index (κ3) is 3.37. The molecule has 0 amide bonds. The van der Waals surface area contributed by atoms with Gasteiger partial charge in [0.2, 0.25) is 0 Å². The van der Waals surface area contributed by atoms with Gasteiger partial charge in [0.15, 0.2) is 0 Å². The Morgan fingerprint density at radius 3 is 2.71 bits per heavy atom. The Hall–Kier alpha value is -2.89. The smallest absolute Gasteiger partial charge is 0.302 e. The third-order valence-electron chi connectivity index (χ3n) is 4.18. The van der Waals surface area contributed by atoms with Crippen molar-refractivity contribution in [1.29, 1.82) is 0 Å². The molecule has 0 bridgehead atoms. The maximum atomic E-state index is 11.1. The number of rotatable bonds is 4. The fraction of sp³-hybridized carbons (Fsp3) is 0.278. The second-order valence-corrected chi connectivity index (χ2v) is 5.79. The number of fused-ring (bicyclic) bond motifs is 1. The number of hydrogen-bond acceptors (Lipinski definition) is 5. The third-order valence-corrected chi connectivity index (χ3v) is 4.18. The van der Waals surface area contributed by atoms with Crippen molar-refractivity contribution in [2.45, 2.75) is 26.5 Å². The van der Waals surface area contributed by atoms with E-state index >= 15 is 0 Å². The maximum absolute atomic E-state index is 11.1. The normalized spacial score (nSPS) is 13.3. The predicted molar refractivity (Wildman–Crippen MR) is 89.8 cm³/mol. The average molecular weight is 326 g/mol. The van der Waals surface area contributed by atoms with Gasteiger partial charge in [0.25, 0.3) is 5.69 Å². The number of ether oxygens (including phenoxy) is 1. The Labute approximate surface area is 139 Å². The van der Waals surface area contributed by atoms with Gasteiger partial charge in [-0.05, 0) is 23.6 Å². The second kappa shape index (κ2) is 6.70. The molecule has 6 heteroatoms. The van der Waals surface area contributed by atoms with Crippen molar-refractivity contribution in [2.75, 3.05) is 11.4 Å². The van der Waals surface area contributed by atoms with Gasteiger partial charge in [-0.15, -0.1) is 0 Å².